The van der Waals surface area contributed by atoms with Crippen LogP contribution in [0.5, 0.6) is 0 Å². The molecule has 0 radical (unpaired) electrons. The molecule has 0 aromatic carbocycles. The lowest BCUT2D eigenvalue weighted by atomic mass is 10.2. The molecule has 0 bridgehead atoms. The van der Waals surface area contributed by atoms with Crippen molar-refractivity contribution < 1.29 is 9.53 Å². The minimum Gasteiger partial charge on any atom is -0.365 e. The van der Waals surface area contributed by atoms with Crippen LogP contribution in [0.1, 0.15) is 44.5 Å². The zero-order valence-corrected chi connectivity index (χ0v) is 12.4. The molecule has 0 spiro atoms. The van der Waals surface area contributed by atoms with Gasteiger partial charge in [-0.05, 0) is 44.8 Å². The van der Waals surface area contributed by atoms with Crippen molar-refractivity contribution in [2.75, 3.05) is 6.54 Å². The summed E-state index contributed by atoms with van der Waals surface area (Å²) in [5.41, 5.74) is 0. The summed E-state index contributed by atoms with van der Waals surface area (Å²) in [6, 6.07) is 0.506. The first kappa shape index (κ1) is 13.8. The molecular formula is C13H20N4O2S. The van der Waals surface area contributed by atoms with Gasteiger partial charge >= 0.3 is 0 Å². The Labute approximate surface area is 122 Å². The molecule has 1 aliphatic carbocycles. The average Bonchev–Trinajstić information content (AvgIpc) is 3.05. The summed E-state index contributed by atoms with van der Waals surface area (Å²) in [4.78, 5) is 11.9. The first-order valence-electron chi connectivity index (χ1n) is 7.24. The van der Waals surface area contributed by atoms with Gasteiger partial charge in [-0.1, -0.05) is 0 Å². The van der Waals surface area contributed by atoms with Gasteiger partial charge in [-0.25, -0.2) is 0 Å². The van der Waals surface area contributed by atoms with Crippen molar-refractivity contribution in [3.8, 4) is 0 Å². The van der Waals surface area contributed by atoms with Gasteiger partial charge in [0.15, 0.2) is 4.77 Å². The molecule has 1 amide bonds. The van der Waals surface area contributed by atoms with Gasteiger partial charge in [0, 0.05) is 19.0 Å². The Morgan fingerprint density at radius 2 is 2.30 bits per heavy atom. The molecule has 0 unspecified atom stereocenters. The third-order valence-electron chi connectivity index (χ3n) is 3.86. The van der Waals surface area contributed by atoms with Gasteiger partial charge in [-0.15, -0.1) is 0 Å². The number of aromatic nitrogens is 3. The maximum Gasteiger partial charge on any atom is 0.249 e. The van der Waals surface area contributed by atoms with Gasteiger partial charge in [0.1, 0.15) is 11.9 Å². The topological polar surface area (TPSA) is 71.9 Å². The van der Waals surface area contributed by atoms with E-state index in [-0.39, 0.29) is 18.1 Å². The van der Waals surface area contributed by atoms with Crippen LogP contribution in [0.4, 0.5) is 0 Å². The predicted molar refractivity (Wildman–Crippen MR) is 76.0 cm³/mol. The van der Waals surface area contributed by atoms with Gasteiger partial charge < -0.3 is 14.6 Å². The molecule has 2 aliphatic rings. The fraction of sp³-hybridized carbons (Fsp3) is 0.769. The minimum absolute atomic E-state index is 0.0125. The number of rotatable bonds is 5. The summed E-state index contributed by atoms with van der Waals surface area (Å²) in [6.07, 6.45) is 4.71. The normalized spacial score (nSPS) is 25.9. The molecular weight excluding hydrogens is 276 g/mol. The molecule has 1 saturated carbocycles. The standard InChI is InChI=1S/C13H20N4O2S/c1-8-2-5-10(19-8)12(18)14-7-6-11-15-16-13(20)17(11)9-3-4-9/h8-10H,2-7H2,1H3,(H,14,18)(H,16,20)/t8-,10-/m0/s1. The second kappa shape index (κ2) is 5.65. The van der Waals surface area contributed by atoms with E-state index in [0.717, 1.165) is 18.7 Å². The van der Waals surface area contributed by atoms with Crippen molar-refractivity contribution in [3.05, 3.63) is 10.6 Å². The van der Waals surface area contributed by atoms with Gasteiger partial charge in [-0.2, -0.15) is 5.10 Å². The molecule has 2 N–H and O–H groups in total. The van der Waals surface area contributed by atoms with E-state index in [4.69, 9.17) is 17.0 Å². The van der Waals surface area contributed by atoms with E-state index in [1.807, 2.05) is 6.92 Å². The number of carbonyl (C=O) groups excluding carboxylic acids is 1. The van der Waals surface area contributed by atoms with Crippen molar-refractivity contribution in [3.63, 3.8) is 0 Å². The third kappa shape index (κ3) is 2.93. The SMILES string of the molecule is C[C@H]1CC[C@@H](C(=O)NCCc2n[nH]c(=S)n2C2CC2)O1. The monoisotopic (exact) mass is 296 g/mol. The van der Waals surface area contributed by atoms with E-state index in [1.165, 1.54) is 12.8 Å². The lowest BCUT2D eigenvalue weighted by Crippen LogP contribution is -2.36. The lowest BCUT2D eigenvalue weighted by molar-refractivity contribution is -0.131. The molecule has 7 heteroatoms. The van der Waals surface area contributed by atoms with Gasteiger partial charge in [0.05, 0.1) is 6.10 Å². The quantitative estimate of drug-likeness (QED) is 0.808. The molecule has 110 valence electrons. The highest BCUT2D eigenvalue weighted by molar-refractivity contribution is 7.71. The number of nitrogens with one attached hydrogen (secondary N) is 2. The maximum absolute atomic E-state index is 11.9. The van der Waals surface area contributed by atoms with Crippen LogP contribution in [0.15, 0.2) is 0 Å². The van der Waals surface area contributed by atoms with E-state index in [0.29, 0.717) is 23.8 Å². The Kier molecular flexibility index (Phi) is 3.89. The second-order valence-corrected chi connectivity index (χ2v) is 5.99. The fourth-order valence-electron chi connectivity index (χ4n) is 2.63. The highest BCUT2D eigenvalue weighted by Gasteiger charge is 2.29. The average molecular weight is 296 g/mol. The molecule has 6 nitrogen and oxygen atoms in total. The van der Waals surface area contributed by atoms with E-state index in [2.05, 4.69) is 20.1 Å². The number of hydrogen-bond acceptors (Lipinski definition) is 4. The van der Waals surface area contributed by atoms with Crippen LogP contribution in [0.3, 0.4) is 0 Å². The van der Waals surface area contributed by atoms with Crippen LogP contribution in [0.2, 0.25) is 0 Å². The van der Waals surface area contributed by atoms with Crippen LogP contribution in [-0.4, -0.2) is 39.4 Å². The highest BCUT2D eigenvalue weighted by atomic mass is 32.1. The Morgan fingerprint density at radius 3 is 2.95 bits per heavy atom. The molecule has 1 saturated heterocycles. The molecule has 3 rings (SSSR count). The van der Waals surface area contributed by atoms with Crippen molar-refractivity contribution in [2.24, 2.45) is 0 Å². The summed E-state index contributed by atoms with van der Waals surface area (Å²) in [5.74, 6) is 0.917. The number of nitrogens with zero attached hydrogens (tertiary/aromatic N) is 2. The van der Waals surface area contributed by atoms with Crippen molar-refractivity contribution in [2.45, 2.75) is 57.3 Å². The van der Waals surface area contributed by atoms with Crippen LogP contribution in [0, 0.1) is 4.77 Å². The Balaban J connectivity index is 1.50. The van der Waals surface area contributed by atoms with E-state index in [9.17, 15) is 4.79 Å². The Bertz CT molecular complexity index is 549. The predicted octanol–water partition coefficient (Wildman–Crippen LogP) is 1.50. The van der Waals surface area contributed by atoms with Crippen LogP contribution in [0.25, 0.3) is 0 Å². The minimum atomic E-state index is -0.283. The Morgan fingerprint density at radius 1 is 1.50 bits per heavy atom. The summed E-state index contributed by atoms with van der Waals surface area (Å²) in [6.45, 7) is 2.57. The van der Waals surface area contributed by atoms with Crippen LogP contribution in [-0.2, 0) is 16.0 Å². The third-order valence-corrected chi connectivity index (χ3v) is 4.15. The summed E-state index contributed by atoms with van der Waals surface area (Å²) >= 11 is 5.23. The van der Waals surface area contributed by atoms with Crippen molar-refractivity contribution in [1.82, 2.24) is 20.1 Å². The van der Waals surface area contributed by atoms with Gasteiger partial charge in [0.25, 0.3) is 0 Å². The fourth-order valence-corrected chi connectivity index (χ4v) is 2.93. The molecule has 1 aromatic rings. The second-order valence-electron chi connectivity index (χ2n) is 5.60. The smallest absolute Gasteiger partial charge is 0.249 e. The van der Waals surface area contributed by atoms with E-state index >= 15 is 0 Å². The van der Waals surface area contributed by atoms with E-state index in [1.54, 1.807) is 0 Å². The van der Waals surface area contributed by atoms with Gasteiger partial charge in [0.2, 0.25) is 5.91 Å². The maximum atomic E-state index is 11.9. The summed E-state index contributed by atoms with van der Waals surface area (Å²) in [5, 5.41) is 10.0. The zero-order chi connectivity index (χ0) is 14.1. The Hall–Kier alpha value is -1.21. The van der Waals surface area contributed by atoms with E-state index < -0.39 is 0 Å². The molecule has 20 heavy (non-hydrogen) atoms. The zero-order valence-electron chi connectivity index (χ0n) is 11.6. The molecule has 2 heterocycles. The number of ether oxygens (including phenoxy) is 1. The molecule has 1 aliphatic heterocycles. The number of aromatic amines is 1. The van der Waals surface area contributed by atoms with Crippen molar-refractivity contribution >= 4 is 18.1 Å². The number of carbonyl (C=O) groups is 1. The summed E-state index contributed by atoms with van der Waals surface area (Å²) < 4.78 is 8.31. The van der Waals surface area contributed by atoms with Crippen molar-refractivity contribution in [1.29, 1.82) is 0 Å². The first-order valence-corrected chi connectivity index (χ1v) is 7.65. The van der Waals surface area contributed by atoms with Crippen LogP contribution >= 0.6 is 12.2 Å². The molecule has 1 aromatic heterocycles. The number of hydrogen-bond donors (Lipinski definition) is 2. The lowest BCUT2D eigenvalue weighted by Gasteiger charge is -2.11. The van der Waals surface area contributed by atoms with Gasteiger partial charge in [-0.3, -0.25) is 9.89 Å². The largest absolute Gasteiger partial charge is 0.365 e. The molecule has 2 atom stereocenters. The summed E-state index contributed by atoms with van der Waals surface area (Å²) in [7, 11) is 0. The highest BCUT2D eigenvalue weighted by Crippen LogP contribution is 2.35. The molecule has 2 fully saturated rings. The van der Waals surface area contributed by atoms with Crippen LogP contribution < -0.4 is 5.32 Å². The number of H-pyrrole nitrogens is 1. The first-order chi connectivity index (χ1) is 9.65. The number of amides is 1.